The van der Waals surface area contributed by atoms with Crippen LogP contribution < -0.4 is 11.2 Å². The molecule has 0 saturated heterocycles. The zero-order chi connectivity index (χ0) is 14.0. The number of nitrogens with one attached hydrogen (secondary N) is 1. The number of aromatic nitrogens is 4. The molecule has 7 nitrogen and oxygen atoms in total. The van der Waals surface area contributed by atoms with Gasteiger partial charge >= 0.3 is 5.69 Å². The van der Waals surface area contributed by atoms with Crippen LogP contribution in [0.3, 0.4) is 0 Å². The molecule has 0 spiro atoms. The van der Waals surface area contributed by atoms with Crippen LogP contribution in [0.15, 0.2) is 15.9 Å². The van der Waals surface area contributed by atoms with Crippen LogP contribution in [0.4, 0.5) is 0 Å². The fraction of sp³-hybridized carbons (Fsp3) is 0.583. The quantitative estimate of drug-likeness (QED) is 0.810. The Morgan fingerprint density at radius 1 is 1.32 bits per heavy atom. The summed E-state index contributed by atoms with van der Waals surface area (Å²) in [5.74, 6) is 0. The zero-order valence-electron chi connectivity index (χ0n) is 11.5. The van der Waals surface area contributed by atoms with Crippen molar-refractivity contribution in [2.75, 3.05) is 19.6 Å². The van der Waals surface area contributed by atoms with Crippen LogP contribution >= 0.6 is 0 Å². The van der Waals surface area contributed by atoms with Gasteiger partial charge in [0.05, 0.1) is 6.33 Å². The second-order valence-electron chi connectivity index (χ2n) is 4.46. The zero-order valence-corrected chi connectivity index (χ0v) is 11.5. The van der Waals surface area contributed by atoms with E-state index in [0.29, 0.717) is 17.7 Å². The molecule has 0 saturated carbocycles. The van der Waals surface area contributed by atoms with Crippen molar-refractivity contribution in [2.45, 2.75) is 20.4 Å². The Labute approximate surface area is 110 Å². The molecule has 0 atom stereocenters. The summed E-state index contributed by atoms with van der Waals surface area (Å²) in [7, 11) is 1.60. The van der Waals surface area contributed by atoms with Crippen molar-refractivity contribution in [3.05, 3.63) is 27.2 Å². The van der Waals surface area contributed by atoms with Crippen LogP contribution in [0.25, 0.3) is 11.2 Å². The minimum absolute atomic E-state index is 0.379. The van der Waals surface area contributed by atoms with E-state index in [9.17, 15) is 9.59 Å². The van der Waals surface area contributed by atoms with Crippen molar-refractivity contribution in [3.8, 4) is 0 Å². The highest BCUT2D eigenvalue weighted by molar-refractivity contribution is 5.69. The van der Waals surface area contributed by atoms with Crippen LogP contribution in [0.1, 0.15) is 13.8 Å². The first kappa shape index (κ1) is 13.5. The van der Waals surface area contributed by atoms with Crippen molar-refractivity contribution < 1.29 is 0 Å². The summed E-state index contributed by atoms with van der Waals surface area (Å²) in [5, 5.41) is 0. The molecule has 7 heteroatoms. The van der Waals surface area contributed by atoms with Gasteiger partial charge in [0.1, 0.15) is 0 Å². The predicted octanol–water partition coefficient (Wildman–Crippen LogP) is -0.235. The number of rotatable bonds is 5. The van der Waals surface area contributed by atoms with E-state index in [2.05, 4.69) is 28.7 Å². The monoisotopic (exact) mass is 265 g/mol. The second-order valence-corrected chi connectivity index (χ2v) is 4.46. The Morgan fingerprint density at radius 2 is 2.00 bits per heavy atom. The molecule has 19 heavy (non-hydrogen) atoms. The molecule has 0 aromatic carbocycles. The van der Waals surface area contributed by atoms with E-state index in [-0.39, 0.29) is 5.56 Å². The summed E-state index contributed by atoms with van der Waals surface area (Å²) in [6.45, 7) is 7.67. The first-order valence-electron chi connectivity index (χ1n) is 6.45. The smallest absolute Gasteiger partial charge is 0.323 e. The van der Waals surface area contributed by atoms with Gasteiger partial charge in [0, 0.05) is 20.1 Å². The van der Waals surface area contributed by atoms with E-state index in [1.165, 1.54) is 4.57 Å². The van der Waals surface area contributed by atoms with Crippen molar-refractivity contribution in [1.82, 2.24) is 24.0 Å². The highest BCUT2D eigenvalue weighted by Gasteiger charge is 2.11. The Hall–Kier alpha value is -1.89. The SMILES string of the molecule is CCN(CC)CCn1cnc2c1c(=O)[nH]c(=O)n2C. The molecule has 0 aliphatic rings. The van der Waals surface area contributed by atoms with Gasteiger partial charge in [0.25, 0.3) is 5.56 Å². The standard InChI is InChI=1S/C12H19N5O2/c1-4-16(5-2)6-7-17-8-13-10-9(17)11(18)14-12(19)15(10)3/h8H,4-7H2,1-3H3,(H,14,18,19). The molecule has 0 radical (unpaired) electrons. The second kappa shape index (κ2) is 5.40. The number of hydrogen-bond acceptors (Lipinski definition) is 4. The van der Waals surface area contributed by atoms with Gasteiger partial charge < -0.3 is 9.47 Å². The molecule has 2 rings (SSSR count). The van der Waals surface area contributed by atoms with E-state index < -0.39 is 5.69 Å². The maximum absolute atomic E-state index is 11.9. The number of fused-ring (bicyclic) bond motifs is 1. The molecule has 2 heterocycles. The lowest BCUT2D eigenvalue weighted by Gasteiger charge is -2.18. The van der Waals surface area contributed by atoms with Crippen LogP contribution in [-0.4, -0.2) is 43.6 Å². The van der Waals surface area contributed by atoms with Crippen molar-refractivity contribution in [1.29, 1.82) is 0 Å². The molecule has 2 aromatic rings. The summed E-state index contributed by atoms with van der Waals surface area (Å²) >= 11 is 0. The van der Waals surface area contributed by atoms with Crippen LogP contribution in [0.5, 0.6) is 0 Å². The van der Waals surface area contributed by atoms with E-state index in [4.69, 9.17) is 0 Å². The Bertz CT molecular complexity index is 677. The molecule has 0 aliphatic carbocycles. The fourth-order valence-corrected chi connectivity index (χ4v) is 2.14. The normalized spacial score (nSPS) is 11.6. The Balaban J connectivity index is 2.38. The summed E-state index contributed by atoms with van der Waals surface area (Å²) in [5.41, 5.74) is 0.0594. The molecule has 2 aromatic heterocycles. The highest BCUT2D eigenvalue weighted by Crippen LogP contribution is 2.04. The molecule has 0 aliphatic heterocycles. The lowest BCUT2D eigenvalue weighted by atomic mass is 10.4. The van der Waals surface area contributed by atoms with Gasteiger partial charge in [-0.25, -0.2) is 9.78 Å². The summed E-state index contributed by atoms with van der Waals surface area (Å²) < 4.78 is 3.15. The average molecular weight is 265 g/mol. The van der Waals surface area contributed by atoms with Gasteiger partial charge in [-0.15, -0.1) is 0 Å². The number of aromatic amines is 1. The molecule has 104 valence electrons. The van der Waals surface area contributed by atoms with Gasteiger partial charge in [-0.1, -0.05) is 13.8 Å². The van der Waals surface area contributed by atoms with Gasteiger partial charge in [0.2, 0.25) is 0 Å². The molecule has 0 amide bonds. The van der Waals surface area contributed by atoms with Crippen LogP contribution in [0.2, 0.25) is 0 Å². The summed E-state index contributed by atoms with van der Waals surface area (Å²) in [6, 6.07) is 0. The highest BCUT2D eigenvalue weighted by atomic mass is 16.2. The third-order valence-electron chi connectivity index (χ3n) is 3.43. The lowest BCUT2D eigenvalue weighted by Crippen LogP contribution is -2.30. The molecule has 0 bridgehead atoms. The van der Waals surface area contributed by atoms with Crippen LogP contribution in [-0.2, 0) is 13.6 Å². The summed E-state index contributed by atoms with van der Waals surface area (Å²) in [6.07, 6.45) is 1.61. The number of imidazole rings is 1. The van der Waals surface area contributed by atoms with E-state index >= 15 is 0 Å². The third-order valence-corrected chi connectivity index (χ3v) is 3.43. The van der Waals surface area contributed by atoms with Crippen molar-refractivity contribution in [3.63, 3.8) is 0 Å². The maximum Gasteiger partial charge on any atom is 0.329 e. The van der Waals surface area contributed by atoms with Gasteiger partial charge in [-0.3, -0.25) is 14.3 Å². The molecule has 0 fully saturated rings. The average Bonchev–Trinajstić information content (AvgIpc) is 2.82. The Kier molecular flexibility index (Phi) is 3.84. The largest absolute Gasteiger partial charge is 0.329 e. The first-order chi connectivity index (χ1) is 9.08. The molecular weight excluding hydrogens is 246 g/mol. The summed E-state index contributed by atoms with van der Waals surface area (Å²) in [4.78, 5) is 32.1. The molecule has 0 unspecified atom stereocenters. The topological polar surface area (TPSA) is 75.9 Å². The van der Waals surface area contributed by atoms with Crippen LogP contribution in [0, 0.1) is 0 Å². The van der Waals surface area contributed by atoms with Gasteiger partial charge in [-0.05, 0) is 13.1 Å². The van der Waals surface area contributed by atoms with Gasteiger partial charge in [-0.2, -0.15) is 0 Å². The van der Waals surface area contributed by atoms with Crippen molar-refractivity contribution in [2.24, 2.45) is 7.05 Å². The first-order valence-corrected chi connectivity index (χ1v) is 6.45. The Morgan fingerprint density at radius 3 is 2.63 bits per heavy atom. The van der Waals surface area contributed by atoms with E-state index in [0.717, 1.165) is 19.6 Å². The minimum Gasteiger partial charge on any atom is -0.323 e. The minimum atomic E-state index is -0.438. The molecule has 1 N–H and O–H groups in total. The predicted molar refractivity (Wildman–Crippen MR) is 73.4 cm³/mol. The van der Waals surface area contributed by atoms with Gasteiger partial charge in [0.15, 0.2) is 11.2 Å². The maximum atomic E-state index is 11.9. The fourth-order valence-electron chi connectivity index (χ4n) is 2.14. The number of likely N-dealkylation sites (N-methyl/N-ethyl adjacent to an activating group) is 1. The number of H-pyrrole nitrogens is 1. The van der Waals surface area contributed by atoms with Crippen molar-refractivity contribution >= 4 is 11.2 Å². The lowest BCUT2D eigenvalue weighted by molar-refractivity contribution is 0.292. The molecular formula is C12H19N5O2. The van der Waals surface area contributed by atoms with E-state index in [1.54, 1.807) is 17.9 Å². The van der Waals surface area contributed by atoms with E-state index in [1.807, 2.05) is 0 Å². The number of nitrogens with zero attached hydrogens (tertiary/aromatic N) is 4. The number of aryl methyl sites for hydroxylation is 1. The third kappa shape index (κ3) is 2.46. The number of hydrogen-bond donors (Lipinski definition) is 1.